The van der Waals surface area contributed by atoms with Crippen LogP contribution in [-0.4, -0.2) is 38.1 Å². The number of sulfonamides is 1. The van der Waals surface area contributed by atoms with Gasteiger partial charge in [0, 0.05) is 22.9 Å². The van der Waals surface area contributed by atoms with Gasteiger partial charge in [0.05, 0.1) is 16.2 Å². The fourth-order valence-corrected chi connectivity index (χ4v) is 6.44. The highest BCUT2D eigenvalue weighted by molar-refractivity contribution is 9.10. The summed E-state index contributed by atoms with van der Waals surface area (Å²) in [6.07, 6.45) is 3.20. The molecule has 0 bridgehead atoms. The van der Waals surface area contributed by atoms with Gasteiger partial charge in [-0.05, 0) is 66.9 Å². The molecule has 5 nitrogen and oxygen atoms in total. The molecular formula is C24H25BrN2O3S. The number of aliphatic hydroxyl groups is 1. The summed E-state index contributed by atoms with van der Waals surface area (Å²) in [6, 6.07) is 17.4. The van der Waals surface area contributed by atoms with E-state index in [1.54, 1.807) is 12.1 Å². The predicted molar refractivity (Wildman–Crippen MR) is 127 cm³/mol. The van der Waals surface area contributed by atoms with E-state index in [0.29, 0.717) is 4.90 Å². The summed E-state index contributed by atoms with van der Waals surface area (Å²) in [5.74, 6) is 0. The zero-order chi connectivity index (χ0) is 21.6. The number of likely N-dealkylation sites (tertiary alicyclic amines) is 1. The standard InChI is InChI=1S/C24H25BrN2O3S/c25-20-10-8-19(9-11-20)24(28)12-15-27(16-13-24)14-2-4-18-7-6-17-3-1-5-21-22(17)23(18)26-31(21,29)30/h1,3,5-11,26,28H,2,4,12-16H2. The Bertz CT molecular complexity index is 1230. The van der Waals surface area contributed by atoms with E-state index in [1.165, 1.54) is 0 Å². The third-order valence-electron chi connectivity index (χ3n) is 6.60. The van der Waals surface area contributed by atoms with Gasteiger partial charge in [0.25, 0.3) is 10.0 Å². The van der Waals surface area contributed by atoms with Crippen LogP contribution in [0.3, 0.4) is 0 Å². The minimum atomic E-state index is -3.46. The second-order valence-electron chi connectivity index (χ2n) is 8.54. The highest BCUT2D eigenvalue weighted by Gasteiger charge is 2.34. The lowest BCUT2D eigenvalue weighted by Gasteiger charge is -2.38. The fourth-order valence-electron chi connectivity index (χ4n) is 4.82. The van der Waals surface area contributed by atoms with Crippen molar-refractivity contribution in [3.63, 3.8) is 0 Å². The van der Waals surface area contributed by atoms with Crippen LogP contribution in [0.2, 0.25) is 0 Å². The molecule has 2 heterocycles. The van der Waals surface area contributed by atoms with Gasteiger partial charge in [-0.2, -0.15) is 0 Å². The number of anilines is 1. The minimum absolute atomic E-state index is 0.380. The lowest BCUT2D eigenvalue weighted by molar-refractivity contribution is -0.0259. The zero-order valence-corrected chi connectivity index (χ0v) is 19.5. The summed E-state index contributed by atoms with van der Waals surface area (Å²) in [5, 5.41) is 12.8. The van der Waals surface area contributed by atoms with Gasteiger partial charge in [0.2, 0.25) is 0 Å². The third kappa shape index (κ3) is 3.89. The van der Waals surface area contributed by atoms with E-state index in [1.807, 2.05) is 42.5 Å². The molecule has 0 amide bonds. The molecule has 2 aliphatic heterocycles. The minimum Gasteiger partial charge on any atom is -0.385 e. The molecule has 0 atom stereocenters. The maximum atomic E-state index is 12.5. The molecule has 2 N–H and O–H groups in total. The summed E-state index contributed by atoms with van der Waals surface area (Å²) < 4.78 is 28.7. The number of aryl methyl sites for hydroxylation is 1. The topological polar surface area (TPSA) is 69.6 Å². The maximum absolute atomic E-state index is 12.5. The van der Waals surface area contributed by atoms with Gasteiger partial charge < -0.3 is 10.0 Å². The summed E-state index contributed by atoms with van der Waals surface area (Å²) in [4.78, 5) is 2.77. The van der Waals surface area contributed by atoms with E-state index in [4.69, 9.17) is 0 Å². The summed E-state index contributed by atoms with van der Waals surface area (Å²) in [5.41, 5.74) is 2.02. The van der Waals surface area contributed by atoms with E-state index >= 15 is 0 Å². The fraction of sp³-hybridized carbons (Fsp3) is 0.333. The molecule has 1 saturated heterocycles. The first-order valence-corrected chi connectivity index (χ1v) is 12.9. The second-order valence-corrected chi connectivity index (χ2v) is 11.1. The molecule has 7 heteroatoms. The number of hydrogen-bond donors (Lipinski definition) is 2. The number of rotatable bonds is 5. The number of piperidine rings is 1. The Morgan fingerprint density at radius 1 is 1.03 bits per heavy atom. The van der Waals surface area contributed by atoms with Crippen LogP contribution in [0.1, 0.15) is 30.4 Å². The third-order valence-corrected chi connectivity index (χ3v) is 8.53. The van der Waals surface area contributed by atoms with E-state index < -0.39 is 15.6 Å². The molecule has 0 radical (unpaired) electrons. The zero-order valence-electron chi connectivity index (χ0n) is 17.1. The van der Waals surface area contributed by atoms with Crippen molar-refractivity contribution in [1.82, 2.24) is 4.90 Å². The van der Waals surface area contributed by atoms with E-state index in [9.17, 15) is 13.5 Å². The Hall–Kier alpha value is -1.93. The molecule has 3 aromatic rings. The van der Waals surface area contributed by atoms with Gasteiger partial charge >= 0.3 is 0 Å². The smallest absolute Gasteiger partial charge is 0.262 e. The molecule has 0 unspecified atom stereocenters. The molecule has 1 fully saturated rings. The van der Waals surface area contributed by atoms with Crippen LogP contribution < -0.4 is 4.72 Å². The van der Waals surface area contributed by atoms with Crippen molar-refractivity contribution < 1.29 is 13.5 Å². The van der Waals surface area contributed by atoms with Gasteiger partial charge in [-0.3, -0.25) is 4.72 Å². The molecule has 31 heavy (non-hydrogen) atoms. The molecule has 0 aromatic heterocycles. The number of halogens is 1. The molecule has 3 aromatic carbocycles. The quantitative estimate of drug-likeness (QED) is 0.535. The Morgan fingerprint density at radius 2 is 1.77 bits per heavy atom. The molecule has 0 saturated carbocycles. The number of hydrogen-bond acceptors (Lipinski definition) is 4. The monoisotopic (exact) mass is 500 g/mol. The average molecular weight is 501 g/mol. The van der Waals surface area contributed by atoms with E-state index in [-0.39, 0.29) is 0 Å². The number of benzene rings is 3. The highest BCUT2D eigenvalue weighted by Crippen LogP contribution is 2.40. The SMILES string of the molecule is O=S1(=O)Nc2c(CCCN3CCC(O)(c4ccc(Br)cc4)CC3)ccc3cccc1c23. The maximum Gasteiger partial charge on any atom is 0.262 e. The first-order chi connectivity index (χ1) is 14.9. The van der Waals surface area contributed by atoms with Crippen LogP contribution in [0.5, 0.6) is 0 Å². The Kier molecular flexibility index (Phi) is 5.33. The lowest BCUT2D eigenvalue weighted by Crippen LogP contribution is -2.42. The molecule has 0 aliphatic carbocycles. The van der Waals surface area contributed by atoms with Crippen molar-refractivity contribution in [3.05, 3.63) is 70.2 Å². The van der Waals surface area contributed by atoms with E-state index in [2.05, 4.69) is 25.6 Å². The van der Waals surface area contributed by atoms with Gasteiger partial charge in [0.15, 0.2) is 0 Å². The van der Waals surface area contributed by atoms with Crippen molar-refractivity contribution >= 4 is 42.4 Å². The summed E-state index contributed by atoms with van der Waals surface area (Å²) in [7, 11) is -3.46. The van der Waals surface area contributed by atoms with Crippen molar-refractivity contribution in [2.75, 3.05) is 24.4 Å². The first kappa shape index (κ1) is 20.9. The van der Waals surface area contributed by atoms with Crippen molar-refractivity contribution in [2.24, 2.45) is 0 Å². The summed E-state index contributed by atoms with van der Waals surface area (Å²) >= 11 is 3.45. The van der Waals surface area contributed by atoms with Crippen LogP contribution in [0.15, 0.2) is 64.0 Å². The Balaban J connectivity index is 1.22. The van der Waals surface area contributed by atoms with Gasteiger partial charge in [-0.1, -0.05) is 52.3 Å². The normalized spacial score (nSPS) is 19.4. The number of nitrogens with zero attached hydrogens (tertiary/aromatic N) is 1. The Labute approximate surface area is 191 Å². The average Bonchev–Trinajstić information content (AvgIpc) is 3.04. The van der Waals surface area contributed by atoms with E-state index in [0.717, 1.165) is 77.4 Å². The van der Waals surface area contributed by atoms with Gasteiger partial charge in [-0.25, -0.2) is 8.42 Å². The Morgan fingerprint density at radius 3 is 2.52 bits per heavy atom. The van der Waals surface area contributed by atoms with Crippen LogP contribution in [0.25, 0.3) is 10.8 Å². The van der Waals surface area contributed by atoms with Crippen LogP contribution in [0, 0.1) is 0 Å². The molecule has 5 rings (SSSR count). The lowest BCUT2D eigenvalue weighted by atomic mass is 9.84. The van der Waals surface area contributed by atoms with Crippen LogP contribution in [0.4, 0.5) is 5.69 Å². The number of nitrogens with one attached hydrogen (secondary N) is 1. The van der Waals surface area contributed by atoms with Crippen molar-refractivity contribution in [1.29, 1.82) is 0 Å². The van der Waals surface area contributed by atoms with Crippen LogP contribution in [-0.2, 0) is 22.0 Å². The second kappa shape index (κ2) is 7.89. The molecular weight excluding hydrogens is 476 g/mol. The molecule has 162 valence electrons. The van der Waals surface area contributed by atoms with Crippen molar-refractivity contribution in [3.8, 4) is 0 Å². The largest absolute Gasteiger partial charge is 0.385 e. The summed E-state index contributed by atoms with van der Waals surface area (Å²) in [6.45, 7) is 2.64. The molecule has 2 aliphatic rings. The predicted octanol–water partition coefficient (Wildman–Crippen LogP) is 4.63. The van der Waals surface area contributed by atoms with Gasteiger partial charge in [-0.15, -0.1) is 0 Å². The van der Waals surface area contributed by atoms with Gasteiger partial charge in [0.1, 0.15) is 0 Å². The first-order valence-electron chi connectivity index (χ1n) is 10.6. The molecule has 0 spiro atoms. The van der Waals surface area contributed by atoms with Crippen LogP contribution >= 0.6 is 15.9 Å². The van der Waals surface area contributed by atoms with Crippen molar-refractivity contribution in [2.45, 2.75) is 36.2 Å². The highest BCUT2D eigenvalue weighted by atomic mass is 79.9.